The topological polar surface area (TPSA) is 102 Å². The van der Waals surface area contributed by atoms with Gasteiger partial charge in [-0.05, 0) is 36.8 Å². The molecule has 0 fully saturated rings. The summed E-state index contributed by atoms with van der Waals surface area (Å²) < 4.78 is 15.3. The van der Waals surface area contributed by atoms with E-state index < -0.39 is 11.8 Å². The molecule has 0 aliphatic carbocycles. The van der Waals surface area contributed by atoms with E-state index in [1.165, 1.54) is 16.9 Å². The van der Waals surface area contributed by atoms with Crippen LogP contribution in [-0.2, 0) is 6.54 Å². The van der Waals surface area contributed by atoms with Gasteiger partial charge in [0.15, 0.2) is 0 Å². The maximum atomic E-state index is 14.0. The monoisotopic (exact) mass is 367 g/mol. The Hall–Kier alpha value is -3.68. The fraction of sp³-hybridized carbons (Fsp3) is 0.105. The molecule has 1 heterocycles. The quantitative estimate of drug-likeness (QED) is 0.646. The number of nitrogens with one attached hydrogen (secondary N) is 2. The van der Waals surface area contributed by atoms with Crippen LogP contribution >= 0.6 is 0 Å². The van der Waals surface area contributed by atoms with Crippen LogP contribution in [0.3, 0.4) is 0 Å². The third-order valence-electron chi connectivity index (χ3n) is 4.01. The van der Waals surface area contributed by atoms with Gasteiger partial charge in [-0.25, -0.2) is 13.9 Å². The van der Waals surface area contributed by atoms with Crippen molar-refractivity contribution in [2.75, 3.05) is 5.32 Å². The van der Waals surface area contributed by atoms with Gasteiger partial charge >= 0.3 is 6.03 Å². The molecule has 2 aromatic carbocycles. The first-order valence-corrected chi connectivity index (χ1v) is 8.19. The summed E-state index contributed by atoms with van der Waals surface area (Å²) in [4.78, 5) is 23.3. The Morgan fingerprint density at radius 2 is 1.85 bits per heavy atom. The second kappa shape index (κ2) is 7.69. The molecule has 138 valence electrons. The average Bonchev–Trinajstić information content (AvgIpc) is 3.02. The van der Waals surface area contributed by atoms with Crippen molar-refractivity contribution < 1.29 is 14.0 Å². The van der Waals surface area contributed by atoms with Crippen molar-refractivity contribution in [1.29, 1.82) is 0 Å². The number of anilines is 1. The molecule has 0 aliphatic rings. The maximum absolute atomic E-state index is 14.0. The third-order valence-corrected chi connectivity index (χ3v) is 4.01. The number of carbonyl (C=O) groups is 2. The number of nitrogens with two attached hydrogens (primary N) is 1. The molecule has 4 N–H and O–H groups in total. The van der Waals surface area contributed by atoms with Crippen LogP contribution in [0.4, 0.5) is 14.9 Å². The number of rotatable bonds is 5. The zero-order valence-corrected chi connectivity index (χ0v) is 14.6. The first-order valence-electron chi connectivity index (χ1n) is 8.19. The highest BCUT2D eigenvalue weighted by Gasteiger charge is 2.16. The van der Waals surface area contributed by atoms with Gasteiger partial charge in [-0.1, -0.05) is 24.3 Å². The van der Waals surface area contributed by atoms with Crippen LogP contribution in [0.2, 0.25) is 0 Å². The second-order valence-corrected chi connectivity index (χ2v) is 5.88. The van der Waals surface area contributed by atoms with Crippen LogP contribution in [0.1, 0.15) is 21.6 Å². The number of benzene rings is 2. The highest BCUT2D eigenvalue weighted by Crippen LogP contribution is 2.17. The van der Waals surface area contributed by atoms with Gasteiger partial charge in [-0.2, -0.15) is 5.10 Å². The van der Waals surface area contributed by atoms with Gasteiger partial charge in [0.2, 0.25) is 0 Å². The van der Waals surface area contributed by atoms with E-state index in [0.29, 0.717) is 23.5 Å². The van der Waals surface area contributed by atoms with Crippen molar-refractivity contribution in [2.45, 2.75) is 13.5 Å². The molecular formula is C19H18FN5O2. The lowest BCUT2D eigenvalue weighted by atomic mass is 10.2. The Morgan fingerprint density at radius 3 is 2.52 bits per heavy atom. The highest BCUT2D eigenvalue weighted by molar-refractivity contribution is 5.95. The summed E-state index contributed by atoms with van der Waals surface area (Å²) in [6.45, 7) is 2.00. The van der Waals surface area contributed by atoms with Crippen LogP contribution in [-0.4, -0.2) is 21.7 Å². The Balaban J connectivity index is 1.68. The molecule has 0 bridgehead atoms. The van der Waals surface area contributed by atoms with Crippen molar-refractivity contribution >= 4 is 17.6 Å². The number of para-hydroxylation sites is 1. The number of halogens is 1. The fourth-order valence-electron chi connectivity index (χ4n) is 2.62. The van der Waals surface area contributed by atoms with Crippen molar-refractivity contribution in [3.05, 3.63) is 77.4 Å². The van der Waals surface area contributed by atoms with Gasteiger partial charge in [0.25, 0.3) is 5.91 Å². The maximum Gasteiger partial charge on any atom is 0.316 e. The number of nitrogens with zero attached hydrogens (tertiary/aromatic N) is 2. The number of amides is 3. The molecule has 27 heavy (non-hydrogen) atoms. The number of hydrogen-bond donors (Lipinski definition) is 3. The van der Waals surface area contributed by atoms with Gasteiger partial charge in [0.05, 0.1) is 17.5 Å². The summed E-state index contributed by atoms with van der Waals surface area (Å²) in [7, 11) is 0. The molecule has 3 rings (SSSR count). The van der Waals surface area contributed by atoms with E-state index in [4.69, 9.17) is 5.73 Å². The molecule has 0 saturated heterocycles. The summed E-state index contributed by atoms with van der Waals surface area (Å²) in [6.07, 6.45) is 1.41. The third kappa shape index (κ3) is 4.12. The standard InChI is InChI=1S/C19H18FN5O2/c1-12-15(11-23-25(12)17-5-3-2-4-16(17)20)18(26)22-10-13-6-8-14(9-7-13)24-19(21)27/h2-9,11H,10H2,1H3,(H,22,26)(H3,21,24,27). The van der Waals surface area contributed by atoms with Crippen molar-refractivity contribution in [2.24, 2.45) is 5.73 Å². The number of aromatic nitrogens is 2. The van der Waals surface area contributed by atoms with Gasteiger partial charge in [-0.3, -0.25) is 4.79 Å². The van der Waals surface area contributed by atoms with Crippen LogP contribution in [0.5, 0.6) is 0 Å². The van der Waals surface area contributed by atoms with E-state index in [9.17, 15) is 14.0 Å². The first kappa shape index (κ1) is 18.1. The summed E-state index contributed by atoms with van der Waals surface area (Å²) in [5.74, 6) is -0.727. The Morgan fingerprint density at radius 1 is 1.15 bits per heavy atom. The average molecular weight is 367 g/mol. The predicted molar refractivity (Wildman–Crippen MR) is 99.1 cm³/mol. The number of hydrogen-bond acceptors (Lipinski definition) is 3. The van der Waals surface area contributed by atoms with Gasteiger partial charge in [-0.15, -0.1) is 0 Å². The predicted octanol–water partition coefficient (Wildman–Crippen LogP) is 2.74. The minimum Gasteiger partial charge on any atom is -0.351 e. The molecule has 7 nitrogen and oxygen atoms in total. The molecular weight excluding hydrogens is 349 g/mol. The summed E-state index contributed by atoms with van der Waals surface area (Å²) >= 11 is 0. The Kier molecular flexibility index (Phi) is 5.16. The van der Waals surface area contributed by atoms with Gasteiger partial charge < -0.3 is 16.4 Å². The first-order chi connectivity index (χ1) is 13.0. The van der Waals surface area contributed by atoms with Crippen LogP contribution in [0, 0.1) is 12.7 Å². The van der Waals surface area contributed by atoms with Crippen LogP contribution in [0.15, 0.2) is 54.7 Å². The highest BCUT2D eigenvalue weighted by atomic mass is 19.1. The Labute approximate surface area is 155 Å². The number of primary amides is 1. The molecule has 3 aromatic rings. The van der Waals surface area contributed by atoms with Crippen molar-refractivity contribution in [1.82, 2.24) is 15.1 Å². The second-order valence-electron chi connectivity index (χ2n) is 5.88. The smallest absolute Gasteiger partial charge is 0.316 e. The minimum atomic E-state index is -0.640. The SMILES string of the molecule is Cc1c(C(=O)NCc2ccc(NC(N)=O)cc2)cnn1-c1ccccc1F. The zero-order valence-electron chi connectivity index (χ0n) is 14.6. The summed E-state index contributed by atoms with van der Waals surface area (Å²) in [5, 5.41) is 9.39. The lowest BCUT2D eigenvalue weighted by molar-refractivity contribution is 0.0950. The van der Waals surface area contributed by atoms with E-state index in [1.807, 2.05) is 0 Å². The molecule has 3 amide bonds. The van der Waals surface area contributed by atoms with E-state index in [1.54, 1.807) is 49.4 Å². The molecule has 1 aromatic heterocycles. The fourth-order valence-corrected chi connectivity index (χ4v) is 2.62. The minimum absolute atomic E-state index is 0.284. The Bertz CT molecular complexity index is 982. The largest absolute Gasteiger partial charge is 0.351 e. The lowest BCUT2D eigenvalue weighted by Crippen LogP contribution is -2.23. The van der Waals surface area contributed by atoms with E-state index in [-0.39, 0.29) is 11.6 Å². The lowest BCUT2D eigenvalue weighted by Gasteiger charge is -2.08. The van der Waals surface area contributed by atoms with Crippen molar-refractivity contribution in [3.63, 3.8) is 0 Å². The van der Waals surface area contributed by atoms with Gasteiger partial charge in [0, 0.05) is 12.2 Å². The molecule has 0 aliphatic heterocycles. The van der Waals surface area contributed by atoms with Crippen molar-refractivity contribution in [3.8, 4) is 5.69 Å². The van der Waals surface area contributed by atoms with Crippen LogP contribution < -0.4 is 16.4 Å². The molecule has 0 saturated carbocycles. The zero-order chi connectivity index (χ0) is 19.4. The van der Waals surface area contributed by atoms with Crippen LogP contribution in [0.25, 0.3) is 5.69 Å². The molecule has 8 heteroatoms. The van der Waals surface area contributed by atoms with Gasteiger partial charge in [0.1, 0.15) is 11.5 Å². The van der Waals surface area contributed by atoms with E-state index in [0.717, 1.165) is 5.56 Å². The van der Waals surface area contributed by atoms with E-state index >= 15 is 0 Å². The number of urea groups is 1. The molecule has 0 unspecified atom stereocenters. The van der Waals surface area contributed by atoms with E-state index in [2.05, 4.69) is 15.7 Å². The molecule has 0 radical (unpaired) electrons. The molecule has 0 atom stereocenters. The normalized spacial score (nSPS) is 10.4. The number of carbonyl (C=O) groups excluding carboxylic acids is 2. The summed E-state index contributed by atoms with van der Waals surface area (Å²) in [6, 6.07) is 12.5. The molecule has 0 spiro atoms. The summed E-state index contributed by atoms with van der Waals surface area (Å²) in [5.41, 5.74) is 7.66.